The molecule has 2 atom stereocenters. The van der Waals surface area contributed by atoms with Crippen LogP contribution in [-0.2, 0) is 0 Å². The van der Waals surface area contributed by atoms with Crippen LogP contribution in [0.4, 0.5) is 0 Å². The van der Waals surface area contributed by atoms with Gasteiger partial charge >= 0.3 is 0 Å². The number of hydrogen-bond donors (Lipinski definition) is 1. The molecule has 0 aliphatic heterocycles. The van der Waals surface area contributed by atoms with Crippen LogP contribution >= 0.6 is 0 Å². The predicted octanol–water partition coefficient (Wildman–Crippen LogP) is 1.83. The van der Waals surface area contributed by atoms with Crippen LogP contribution in [0.15, 0.2) is 18.2 Å². The Kier molecular flexibility index (Phi) is 3.50. The zero-order chi connectivity index (χ0) is 12.3. The summed E-state index contributed by atoms with van der Waals surface area (Å²) >= 11 is 0. The molecule has 0 aromatic heterocycles. The van der Waals surface area contributed by atoms with Gasteiger partial charge in [0.1, 0.15) is 6.10 Å². The van der Waals surface area contributed by atoms with E-state index in [9.17, 15) is 0 Å². The van der Waals surface area contributed by atoms with Gasteiger partial charge in [0.2, 0.25) is 0 Å². The number of nitriles is 1. The highest BCUT2D eigenvalue weighted by Crippen LogP contribution is 2.31. The molecule has 2 unspecified atom stereocenters. The van der Waals surface area contributed by atoms with E-state index >= 15 is 0 Å². The molecule has 0 spiro atoms. The number of rotatable bonds is 3. The first-order chi connectivity index (χ1) is 8.24. The lowest BCUT2D eigenvalue weighted by atomic mass is 10.2. The summed E-state index contributed by atoms with van der Waals surface area (Å²) in [5.41, 5.74) is 6.52. The molecular weight excluding hydrogens is 216 g/mol. The van der Waals surface area contributed by atoms with E-state index in [0.717, 1.165) is 19.3 Å². The minimum Gasteiger partial charge on any atom is -0.493 e. The van der Waals surface area contributed by atoms with Crippen LogP contribution in [0, 0.1) is 11.3 Å². The molecule has 0 heterocycles. The van der Waals surface area contributed by atoms with E-state index in [4.69, 9.17) is 20.5 Å². The molecular formula is C13H16N2O2. The molecule has 0 radical (unpaired) electrons. The Morgan fingerprint density at radius 1 is 1.35 bits per heavy atom. The van der Waals surface area contributed by atoms with E-state index in [0.29, 0.717) is 17.1 Å². The van der Waals surface area contributed by atoms with Crippen molar-refractivity contribution in [2.45, 2.75) is 31.4 Å². The smallest absolute Gasteiger partial charge is 0.162 e. The summed E-state index contributed by atoms with van der Waals surface area (Å²) in [5.74, 6) is 1.25. The Bertz CT molecular complexity index is 440. The van der Waals surface area contributed by atoms with Crippen LogP contribution in [0.25, 0.3) is 0 Å². The van der Waals surface area contributed by atoms with Gasteiger partial charge in [0.05, 0.1) is 18.7 Å². The number of nitrogens with zero attached hydrogens (tertiary/aromatic N) is 1. The summed E-state index contributed by atoms with van der Waals surface area (Å²) in [4.78, 5) is 0. The summed E-state index contributed by atoms with van der Waals surface area (Å²) in [5, 5.41) is 8.87. The normalized spacial score (nSPS) is 23.1. The Balaban J connectivity index is 2.21. The molecule has 0 amide bonds. The number of benzene rings is 1. The molecule has 2 N–H and O–H groups in total. The monoisotopic (exact) mass is 232 g/mol. The summed E-state index contributed by atoms with van der Waals surface area (Å²) in [6, 6.07) is 7.31. The average molecular weight is 232 g/mol. The molecule has 0 saturated heterocycles. The van der Waals surface area contributed by atoms with Crippen molar-refractivity contribution in [3.8, 4) is 17.6 Å². The standard InChI is InChI=1S/C13H16N2O2/c1-16-12-6-5-9(8-14)7-13(12)17-11-4-2-3-10(11)15/h5-7,10-11H,2-4,15H2,1H3. The molecule has 1 aromatic rings. The first kappa shape index (κ1) is 11.7. The van der Waals surface area contributed by atoms with Crippen molar-refractivity contribution in [2.24, 2.45) is 5.73 Å². The van der Waals surface area contributed by atoms with Gasteiger partial charge in [-0.15, -0.1) is 0 Å². The Labute approximate surface area is 101 Å². The van der Waals surface area contributed by atoms with Crippen molar-refractivity contribution < 1.29 is 9.47 Å². The van der Waals surface area contributed by atoms with E-state index in [2.05, 4.69) is 6.07 Å². The van der Waals surface area contributed by atoms with Crippen molar-refractivity contribution in [3.63, 3.8) is 0 Å². The summed E-state index contributed by atoms with van der Waals surface area (Å²) in [6.07, 6.45) is 3.07. The van der Waals surface area contributed by atoms with E-state index in [-0.39, 0.29) is 12.1 Å². The third-order valence-electron chi connectivity index (χ3n) is 3.07. The molecule has 1 fully saturated rings. The molecule has 90 valence electrons. The molecule has 1 aliphatic carbocycles. The van der Waals surface area contributed by atoms with Crippen LogP contribution in [0.5, 0.6) is 11.5 Å². The summed E-state index contributed by atoms with van der Waals surface area (Å²) in [7, 11) is 1.59. The van der Waals surface area contributed by atoms with Gasteiger partial charge in [0.15, 0.2) is 11.5 Å². The van der Waals surface area contributed by atoms with Crippen LogP contribution in [0.2, 0.25) is 0 Å². The van der Waals surface area contributed by atoms with Gasteiger partial charge in [0.25, 0.3) is 0 Å². The fraction of sp³-hybridized carbons (Fsp3) is 0.462. The van der Waals surface area contributed by atoms with Gasteiger partial charge in [0, 0.05) is 12.1 Å². The van der Waals surface area contributed by atoms with Gasteiger partial charge in [-0.25, -0.2) is 0 Å². The fourth-order valence-corrected chi connectivity index (χ4v) is 2.10. The maximum atomic E-state index is 8.87. The maximum absolute atomic E-state index is 8.87. The zero-order valence-electron chi connectivity index (χ0n) is 9.85. The van der Waals surface area contributed by atoms with Crippen LogP contribution in [-0.4, -0.2) is 19.3 Å². The Morgan fingerprint density at radius 3 is 2.76 bits per heavy atom. The summed E-state index contributed by atoms with van der Waals surface area (Å²) in [6.45, 7) is 0. The van der Waals surface area contributed by atoms with Gasteiger partial charge in [-0.05, 0) is 31.4 Å². The molecule has 17 heavy (non-hydrogen) atoms. The third kappa shape index (κ3) is 2.51. The number of ether oxygens (including phenoxy) is 2. The SMILES string of the molecule is COc1ccc(C#N)cc1OC1CCCC1N. The second-order valence-corrected chi connectivity index (χ2v) is 4.23. The number of methoxy groups -OCH3 is 1. The molecule has 1 aliphatic rings. The lowest BCUT2D eigenvalue weighted by Crippen LogP contribution is -2.33. The topological polar surface area (TPSA) is 68.3 Å². The molecule has 4 nitrogen and oxygen atoms in total. The molecule has 1 aromatic carbocycles. The Hall–Kier alpha value is -1.73. The highest BCUT2D eigenvalue weighted by molar-refractivity contribution is 5.46. The minimum absolute atomic E-state index is 0.0258. The van der Waals surface area contributed by atoms with Gasteiger partial charge < -0.3 is 15.2 Å². The lowest BCUT2D eigenvalue weighted by Gasteiger charge is -2.19. The molecule has 1 saturated carbocycles. The van der Waals surface area contributed by atoms with Crippen LogP contribution in [0.1, 0.15) is 24.8 Å². The highest BCUT2D eigenvalue weighted by atomic mass is 16.5. The van der Waals surface area contributed by atoms with Crippen LogP contribution < -0.4 is 15.2 Å². The largest absolute Gasteiger partial charge is 0.493 e. The lowest BCUT2D eigenvalue weighted by molar-refractivity contribution is 0.184. The summed E-state index contributed by atoms with van der Waals surface area (Å²) < 4.78 is 11.1. The van der Waals surface area contributed by atoms with Crippen molar-refractivity contribution in [3.05, 3.63) is 23.8 Å². The van der Waals surface area contributed by atoms with Crippen molar-refractivity contribution in [1.29, 1.82) is 5.26 Å². The molecule has 0 bridgehead atoms. The van der Waals surface area contributed by atoms with Gasteiger partial charge in [-0.1, -0.05) is 0 Å². The van der Waals surface area contributed by atoms with Crippen molar-refractivity contribution in [2.75, 3.05) is 7.11 Å². The van der Waals surface area contributed by atoms with Gasteiger partial charge in [-0.2, -0.15) is 5.26 Å². The predicted molar refractivity (Wildman–Crippen MR) is 64.0 cm³/mol. The number of nitrogens with two attached hydrogens (primary N) is 1. The second kappa shape index (κ2) is 5.07. The van der Waals surface area contributed by atoms with E-state index in [1.165, 1.54) is 0 Å². The first-order valence-corrected chi connectivity index (χ1v) is 5.75. The van der Waals surface area contributed by atoms with E-state index in [1.54, 1.807) is 25.3 Å². The first-order valence-electron chi connectivity index (χ1n) is 5.75. The van der Waals surface area contributed by atoms with E-state index < -0.39 is 0 Å². The third-order valence-corrected chi connectivity index (χ3v) is 3.07. The minimum atomic E-state index is 0.0258. The fourth-order valence-electron chi connectivity index (χ4n) is 2.10. The number of hydrogen-bond acceptors (Lipinski definition) is 4. The quantitative estimate of drug-likeness (QED) is 0.863. The molecule has 4 heteroatoms. The maximum Gasteiger partial charge on any atom is 0.162 e. The Morgan fingerprint density at radius 2 is 2.18 bits per heavy atom. The van der Waals surface area contributed by atoms with Crippen molar-refractivity contribution in [1.82, 2.24) is 0 Å². The van der Waals surface area contributed by atoms with Gasteiger partial charge in [-0.3, -0.25) is 0 Å². The van der Waals surface area contributed by atoms with E-state index in [1.807, 2.05) is 0 Å². The second-order valence-electron chi connectivity index (χ2n) is 4.23. The molecule has 2 rings (SSSR count). The zero-order valence-corrected chi connectivity index (χ0v) is 9.85. The highest BCUT2D eigenvalue weighted by Gasteiger charge is 2.26. The average Bonchev–Trinajstić information content (AvgIpc) is 2.75. The van der Waals surface area contributed by atoms with Crippen LogP contribution in [0.3, 0.4) is 0 Å². The van der Waals surface area contributed by atoms with Crippen molar-refractivity contribution >= 4 is 0 Å².